The van der Waals surface area contributed by atoms with Gasteiger partial charge in [0.1, 0.15) is 5.82 Å². The molecule has 28 heavy (non-hydrogen) atoms. The SMILES string of the molecule is CS(=O)(=O)N1CCc2cc(C(=O)OCC(=O)Nc3ccc(F)cc3Cl)ccc21. The van der Waals surface area contributed by atoms with E-state index >= 15 is 0 Å². The average molecular weight is 427 g/mol. The van der Waals surface area contributed by atoms with E-state index in [2.05, 4.69) is 5.32 Å². The molecule has 0 bridgehead atoms. The molecule has 10 heteroatoms. The third-order valence-corrected chi connectivity index (χ3v) is 5.60. The molecule has 2 aromatic rings. The summed E-state index contributed by atoms with van der Waals surface area (Å²) < 4.78 is 42.8. The Balaban J connectivity index is 1.62. The Morgan fingerprint density at radius 2 is 2.00 bits per heavy atom. The van der Waals surface area contributed by atoms with Crippen LogP contribution >= 0.6 is 11.6 Å². The molecule has 2 aromatic carbocycles. The molecule has 1 N–H and O–H groups in total. The van der Waals surface area contributed by atoms with Gasteiger partial charge in [-0.2, -0.15) is 0 Å². The Labute approximate surface area is 166 Å². The van der Waals surface area contributed by atoms with E-state index in [9.17, 15) is 22.4 Å². The maximum Gasteiger partial charge on any atom is 0.338 e. The number of esters is 1. The topological polar surface area (TPSA) is 92.8 Å². The first-order valence-electron chi connectivity index (χ1n) is 8.18. The summed E-state index contributed by atoms with van der Waals surface area (Å²) >= 11 is 5.82. The number of carbonyl (C=O) groups is 2. The van der Waals surface area contributed by atoms with E-state index < -0.39 is 34.3 Å². The molecule has 1 heterocycles. The Morgan fingerprint density at radius 3 is 2.68 bits per heavy atom. The molecule has 0 radical (unpaired) electrons. The van der Waals surface area contributed by atoms with Crippen molar-refractivity contribution in [2.24, 2.45) is 0 Å². The lowest BCUT2D eigenvalue weighted by Gasteiger charge is -2.16. The van der Waals surface area contributed by atoms with Gasteiger partial charge in [-0.15, -0.1) is 0 Å². The first-order chi connectivity index (χ1) is 13.1. The summed E-state index contributed by atoms with van der Waals surface area (Å²) in [6.45, 7) is -0.243. The van der Waals surface area contributed by atoms with Crippen molar-refractivity contribution < 1.29 is 27.1 Å². The van der Waals surface area contributed by atoms with Gasteiger partial charge in [-0.3, -0.25) is 9.10 Å². The monoisotopic (exact) mass is 426 g/mol. The lowest BCUT2D eigenvalue weighted by Crippen LogP contribution is -2.27. The molecule has 0 spiro atoms. The molecular formula is C18H16ClFN2O5S. The number of amides is 1. The number of hydrogen-bond acceptors (Lipinski definition) is 5. The Morgan fingerprint density at radius 1 is 1.25 bits per heavy atom. The summed E-state index contributed by atoms with van der Waals surface area (Å²) in [5, 5.41) is 2.44. The van der Waals surface area contributed by atoms with Crippen molar-refractivity contribution in [2.75, 3.05) is 29.0 Å². The van der Waals surface area contributed by atoms with Gasteiger partial charge in [0.2, 0.25) is 10.0 Å². The number of hydrogen-bond donors (Lipinski definition) is 1. The highest BCUT2D eigenvalue weighted by Gasteiger charge is 2.27. The molecule has 3 rings (SSSR count). The van der Waals surface area contributed by atoms with Gasteiger partial charge in [-0.05, 0) is 48.4 Å². The molecular weight excluding hydrogens is 411 g/mol. The number of nitrogens with zero attached hydrogens (tertiary/aromatic N) is 1. The highest BCUT2D eigenvalue weighted by Crippen LogP contribution is 2.30. The third kappa shape index (κ3) is 4.42. The van der Waals surface area contributed by atoms with Gasteiger partial charge in [0.05, 0.1) is 28.2 Å². The van der Waals surface area contributed by atoms with E-state index in [0.717, 1.165) is 18.4 Å². The Hall–Kier alpha value is -2.65. The van der Waals surface area contributed by atoms with Crippen LogP contribution in [-0.2, 0) is 26.0 Å². The molecule has 0 aromatic heterocycles. The molecule has 148 valence electrons. The number of benzene rings is 2. The van der Waals surface area contributed by atoms with E-state index in [4.69, 9.17) is 16.3 Å². The number of fused-ring (bicyclic) bond motifs is 1. The van der Waals surface area contributed by atoms with E-state index in [1.54, 1.807) is 12.1 Å². The zero-order valence-corrected chi connectivity index (χ0v) is 16.3. The van der Waals surface area contributed by atoms with E-state index in [1.807, 2.05) is 0 Å². The normalized spacial score (nSPS) is 13.2. The van der Waals surface area contributed by atoms with Crippen LogP contribution in [-0.4, -0.2) is 39.7 Å². The van der Waals surface area contributed by atoms with Gasteiger partial charge in [-0.1, -0.05) is 11.6 Å². The zero-order valence-electron chi connectivity index (χ0n) is 14.7. The van der Waals surface area contributed by atoms with E-state index in [0.29, 0.717) is 24.2 Å². The fourth-order valence-corrected chi connectivity index (χ4v) is 4.01. The fraction of sp³-hybridized carbons (Fsp3) is 0.222. The Kier molecular flexibility index (Phi) is 5.57. The van der Waals surface area contributed by atoms with Crippen LogP contribution in [0.5, 0.6) is 0 Å². The van der Waals surface area contributed by atoms with Crippen LogP contribution in [0, 0.1) is 5.82 Å². The molecule has 1 aliphatic heterocycles. The van der Waals surface area contributed by atoms with Crippen LogP contribution < -0.4 is 9.62 Å². The first-order valence-corrected chi connectivity index (χ1v) is 10.4. The molecule has 0 saturated carbocycles. The van der Waals surface area contributed by atoms with Crippen LogP contribution in [0.25, 0.3) is 0 Å². The van der Waals surface area contributed by atoms with Crippen LogP contribution in [0.3, 0.4) is 0 Å². The van der Waals surface area contributed by atoms with Gasteiger partial charge >= 0.3 is 5.97 Å². The summed E-state index contributed by atoms with van der Waals surface area (Å²) in [5.74, 6) is -1.90. The predicted molar refractivity (Wildman–Crippen MR) is 103 cm³/mol. The van der Waals surface area contributed by atoms with Crippen LogP contribution in [0.4, 0.5) is 15.8 Å². The lowest BCUT2D eigenvalue weighted by molar-refractivity contribution is -0.119. The minimum absolute atomic E-state index is 0.0220. The van der Waals surface area contributed by atoms with Gasteiger partial charge in [0, 0.05) is 6.54 Å². The summed E-state index contributed by atoms with van der Waals surface area (Å²) in [5.41, 5.74) is 1.65. The van der Waals surface area contributed by atoms with Crippen LogP contribution in [0.2, 0.25) is 5.02 Å². The summed E-state index contributed by atoms with van der Waals surface area (Å²) in [6, 6.07) is 8.02. The average Bonchev–Trinajstić information content (AvgIpc) is 3.05. The van der Waals surface area contributed by atoms with Crippen molar-refractivity contribution in [3.8, 4) is 0 Å². The van der Waals surface area contributed by atoms with Gasteiger partial charge in [-0.25, -0.2) is 17.6 Å². The van der Waals surface area contributed by atoms with Gasteiger partial charge < -0.3 is 10.1 Å². The molecule has 0 unspecified atom stereocenters. The number of anilines is 2. The van der Waals surface area contributed by atoms with Crippen molar-refractivity contribution in [3.63, 3.8) is 0 Å². The largest absolute Gasteiger partial charge is 0.452 e. The lowest BCUT2D eigenvalue weighted by atomic mass is 10.1. The summed E-state index contributed by atoms with van der Waals surface area (Å²) in [4.78, 5) is 24.1. The van der Waals surface area contributed by atoms with Crippen molar-refractivity contribution in [1.29, 1.82) is 0 Å². The fourth-order valence-electron chi connectivity index (χ4n) is 2.83. The molecule has 7 nitrogen and oxygen atoms in total. The predicted octanol–water partition coefficient (Wildman–Crippen LogP) is 2.60. The number of carbonyl (C=O) groups excluding carboxylic acids is 2. The molecule has 1 aliphatic rings. The van der Waals surface area contributed by atoms with Crippen molar-refractivity contribution in [2.45, 2.75) is 6.42 Å². The second-order valence-electron chi connectivity index (χ2n) is 6.18. The number of sulfonamides is 1. The highest BCUT2D eigenvalue weighted by atomic mass is 35.5. The molecule has 0 aliphatic carbocycles. The second kappa shape index (κ2) is 7.76. The van der Waals surface area contributed by atoms with Crippen molar-refractivity contribution in [3.05, 3.63) is 58.4 Å². The van der Waals surface area contributed by atoms with Crippen molar-refractivity contribution >= 4 is 44.9 Å². The first kappa shape index (κ1) is 20.1. The minimum Gasteiger partial charge on any atom is -0.452 e. The summed E-state index contributed by atoms with van der Waals surface area (Å²) in [7, 11) is -3.38. The minimum atomic E-state index is -3.38. The second-order valence-corrected chi connectivity index (χ2v) is 8.49. The van der Waals surface area contributed by atoms with E-state index in [1.165, 1.54) is 16.4 Å². The zero-order chi connectivity index (χ0) is 20.5. The quantitative estimate of drug-likeness (QED) is 0.742. The molecule has 1 amide bonds. The third-order valence-electron chi connectivity index (χ3n) is 4.11. The molecule has 0 atom stereocenters. The summed E-state index contributed by atoms with van der Waals surface area (Å²) in [6.07, 6.45) is 1.60. The maximum atomic E-state index is 13.0. The molecule has 0 saturated heterocycles. The van der Waals surface area contributed by atoms with Crippen LogP contribution in [0.1, 0.15) is 15.9 Å². The van der Waals surface area contributed by atoms with Gasteiger partial charge in [0.15, 0.2) is 6.61 Å². The number of ether oxygens (including phenoxy) is 1. The Bertz CT molecular complexity index is 1060. The number of rotatable bonds is 5. The maximum absolute atomic E-state index is 13.0. The van der Waals surface area contributed by atoms with Crippen LogP contribution in [0.15, 0.2) is 36.4 Å². The standard InChI is InChI=1S/C18H16ClFN2O5S/c1-28(25,26)22-7-6-11-8-12(2-5-16(11)22)18(24)27-10-17(23)21-15-4-3-13(20)9-14(15)19/h2-5,8-9H,6-7,10H2,1H3,(H,21,23). The van der Waals surface area contributed by atoms with Gasteiger partial charge in [0.25, 0.3) is 5.91 Å². The molecule has 0 fully saturated rings. The van der Waals surface area contributed by atoms with Crippen molar-refractivity contribution in [1.82, 2.24) is 0 Å². The number of halogens is 2. The van der Waals surface area contributed by atoms with E-state index in [-0.39, 0.29) is 16.3 Å². The smallest absolute Gasteiger partial charge is 0.338 e. The number of nitrogens with one attached hydrogen (secondary N) is 1. The highest BCUT2D eigenvalue weighted by molar-refractivity contribution is 7.92.